The van der Waals surface area contributed by atoms with Crippen molar-refractivity contribution in [1.82, 2.24) is 9.80 Å². The minimum Gasteiger partial charge on any atom is -0.454 e. The first-order valence-corrected chi connectivity index (χ1v) is 12.0. The number of amides is 2. The Kier molecular flexibility index (Phi) is 8.13. The summed E-state index contributed by atoms with van der Waals surface area (Å²) in [5.41, 5.74) is 1.01. The number of nitro benzene ring substituents is 1. The molecule has 2 amide bonds. The number of rotatable bonds is 11. The van der Waals surface area contributed by atoms with Crippen LogP contribution in [0.5, 0.6) is 11.5 Å². The second-order valence-corrected chi connectivity index (χ2v) is 9.07. The molecule has 2 aromatic carbocycles. The van der Waals surface area contributed by atoms with Crippen LogP contribution in [-0.2, 0) is 22.6 Å². The minimum atomic E-state index is -0.529. The van der Waals surface area contributed by atoms with E-state index in [9.17, 15) is 19.7 Å². The fraction of sp³-hybridized carbons (Fsp3) is 0.280. The van der Waals surface area contributed by atoms with Crippen molar-refractivity contribution in [3.8, 4) is 11.5 Å². The maximum Gasteiger partial charge on any atom is 0.269 e. The van der Waals surface area contributed by atoms with Crippen LogP contribution in [0.4, 0.5) is 5.69 Å². The van der Waals surface area contributed by atoms with Gasteiger partial charge in [0.05, 0.1) is 18.1 Å². The first-order chi connectivity index (χ1) is 17.4. The van der Waals surface area contributed by atoms with Crippen LogP contribution in [0.2, 0.25) is 0 Å². The number of methoxy groups -OCH3 is 1. The second kappa shape index (κ2) is 11.6. The molecule has 0 N–H and O–H groups in total. The molecule has 10 nitrogen and oxygen atoms in total. The van der Waals surface area contributed by atoms with Crippen LogP contribution in [-0.4, -0.2) is 60.1 Å². The first-order valence-electron chi connectivity index (χ1n) is 11.2. The number of carbonyl (C=O) groups is 2. The molecule has 0 unspecified atom stereocenters. The van der Waals surface area contributed by atoms with Gasteiger partial charge in [0.15, 0.2) is 11.5 Å². The van der Waals surface area contributed by atoms with E-state index in [0.29, 0.717) is 24.6 Å². The smallest absolute Gasteiger partial charge is 0.269 e. The molecule has 2 heterocycles. The quantitative estimate of drug-likeness (QED) is 0.285. The van der Waals surface area contributed by atoms with Crippen molar-refractivity contribution in [3.05, 3.63) is 86.1 Å². The lowest BCUT2D eigenvalue weighted by Crippen LogP contribution is -2.43. The number of hydrogen-bond donors (Lipinski definition) is 0. The number of fused-ring (bicyclic) bond motifs is 1. The zero-order valence-electron chi connectivity index (χ0n) is 19.6. The summed E-state index contributed by atoms with van der Waals surface area (Å²) >= 11 is 1.54. The Morgan fingerprint density at radius 1 is 1.06 bits per heavy atom. The van der Waals surface area contributed by atoms with Crippen LogP contribution in [0.1, 0.15) is 20.8 Å². The van der Waals surface area contributed by atoms with E-state index in [1.54, 1.807) is 16.2 Å². The Morgan fingerprint density at radius 3 is 2.53 bits per heavy atom. The van der Waals surface area contributed by atoms with Crippen molar-refractivity contribution in [2.75, 3.05) is 33.6 Å². The molecule has 0 bridgehead atoms. The molecule has 0 aliphatic carbocycles. The average molecular weight is 512 g/mol. The van der Waals surface area contributed by atoms with E-state index in [2.05, 4.69) is 0 Å². The highest BCUT2D eigenvalue weighted by Gasteiger charge is 2.24. The van der Waals surface area contributed by atoms with Gasteiger partial charge in [-0.15, -0.1) is 11.3 Å². The van der Waals surface area contributed by atoms with E-state index in [4.69, 9.17) is 14.2 Å². The predicted molar refractivity (Wildman–Crippen MR) is 132 cm³/mol. The van der Waals surface area contributed by atoms with Gasteiger partial charge in [0.2, 0.25) is 12.7 Å². The molecule has 0 fully saturated rings. The summed E-state index contributed by atoms with van der Waals surface area (Å²) in [6.07, 6.45) is 0. The molecule has 0 spiro atoms. The lowest BCUT2D eigenvalue weighted by molar-refractivity contribution is -0.384. The monoisotopic (exact) mass is 511 g/mol. The Hall–Kier alpha value is -3.96. The highest BCUT2D eigenvalue weighted by atomic mass is 32.1. The SMILES string of the molecule is COCCN(CC(=O)N(Cc1ccc2c(c1)OCO2)Cc1cccs1)C(=O)c1ccc([N+](=O)[O-])cc1. The fourth-order valence-electron chi connectivity index (χ4n) is 3.71. The van der Waals surface area contributed by atoms with Crippen molar-refractivity contribution in [1.29, 1.82) is 0 Å². The molecule has 1 aromatic heterocycles. The molecular weight excluding hydrogens is 486 g/mol. The van der Waals surface area contributed by atoms with Crippen LogP contribution in [0, 0.1) is 10.1 Å². The molecule has 188 valence electrons. The molecule has 11 heteroatoms. The normalized spacial score (nSPS) is 11.8. The van der Waals surface area contributed by atoms with Crippen molar-refractivity contribution in [2.45, 2.75) is 13.1 Å². The number of benzene rings is 2. The van der Waals surface area contributed by atoms with Gasteiger partial charge >= 0.3 is 0 Å². The standard InChI is InChI=1S/C25H25N3O7S/c1-33-11-10-26(25(30)19-5-7-20(8-6-19)28(31)32)16-24(29)27(15-21-3-2-12-36-21)14-18-4-9-22-23(13-18)35-17-34-22/h2-9,12-13H,10-11,14-17H2,1H3. The second-order valence-electron chi connectivity index (χ2n) is 8.04. The summed E-state index contributed by atoms with van der Waals surface area (Å²) in [4.78, 5) is 41.2. The molecule has 1 aliphatic heterocycles. The Balaban J connectivity index is 1.53. The average Bonchev–Trinajstić information content (AvgIpc) is 3.57. The minimum absolute atomic E-state index is 0.114. The summed E-state index contributed by atoms with van der Waals surface area (Å²) in [7, 11) is 1.51. The van der Waals surface area contributed by atoms with Crippen LogP contribution < -0.4 is 9.47 Å². The lowest BCUT2D eigenvalue weighted by atomic mass is 10.1. The van der Waals surface area contributed by atoms with Crippen molar-refractivity contribution in [2.24, 2.45) is 0 Å². The molecule has 0 radical (unpaired) electrons. The molecule has 0 saturated carbocycles. The summed E-state index contributed by atoms with van der Waals surface area (Å²) in [5, 5.41) is 12.9. The van der Waals surface area contributed by atoms with E-state index >= 15 is 0 Å². The van der Waals surface area contributed by atoms with E-state index in [0.717, 1.165) is 10.4 Å². The van der Waals surface area contributed by atoms with Gasteiger partial charge in [0.1, 0.15) is 6.54 Å². The van der Waals surface area contributed by atoms with Gasteiger partial charge in [-0.25, -0.2) is 0 Å². The number of non-ortho nitro benzene ring substituents is 1. The predicted octanol–water partition coefficient (Wildman–Crippen LogP) is 3.70. The number of nitrogens with zero attached hydrogens (tertiary/aromatic N) is 3. The Morgan fingerprint density at radius 2 is 1.83 bits per heavy atom. The molecule has 3 aromatic rings. The summed E-state index contributed by atoms with van der Waals surface area (Å²) < 4.78 is 16.0. The number of hydrogen-bond acceptors (Lipinski definition) is 8. The lowest BCUT2D eigenvalue weighted by Gasteiger charge is -2.27. The van der Waals surface area contributed by atoms with Crippen molar-refractivity contribution in [3.63, 3.8) is 0 Å². The van der Waals surface area contributed by atoms with Crippen molar-refractivity contribution >= 4 is 28.8 Å². The third kappa shape index (κ3) is 6.18. The maximum absolute atomic E-state index is 13.5. The number of thiophene rings is 1. The van der Waals surface area contributed by atoms with Crippen LogP contribution >= 0.6 is 11.3 Å². The highest BCUT2D eigenvalue weighted by molar-refractivity contribution is 7.09. The van der Waals surface area contributed by atoms with Gasteiger partial charge in [0, 0.05) is 42.8 Å². The van der Waals surface area contributed by atoms with Crippen LogP contribution in [0.3, 0.4) is 0 Å². The van der Waals surface area contributed by atoms with E-state index in [1.165, 1.54) is 36.3 Å². The van der Waals surface area contributed by atoms with E-state index in [1.807, 2.05) is 35.7 Å². The Bertz CT molecular complexity index is 1210. The molecule has 4 rings (SSSR count). The first kappa shape index (κ1) is 25.1. The maximum atomic E-state index is 13.5. The van der Waals surface area contributed by atoms with Crippen LogP contribution in [0.15, 0.2) is 60.0 Å². The van der Waals surface area contributed by atoms with Gasteiger partial charge in [-0.05, 0) is 41.3 Å². The third-order valence-corrected chi connectivity index (χ3v) is 6.45. The summed E-state index contributed by atoms with van der Waals surface area (Å²) in [6.45, 7) is 1.12. The number of carbonyl (C=O) groups excluding carboxylic acids is 2. The Labute approximate surface area is 211 Å². The molecular formula is C25H25N3O7S. The molecule has 0 saturated heterocycles. The van der Waals surface area contributed by atoms with Gasteiger partial charge in [-0.1, -0.05) is 12.1 Å². The molecule has 0 atom stereocenters. The summed E-state index contributed by atoms with van der Waals surface area (Å²) in [5.74, 6) is 0.641. The summed E-state index contributed by atoms with van der Waals surface area (Å²) in [6, 6.07) is 14.7. The zero-order chi connectivity index (χ0) is 25.5. The van der Waals surface area contributed by atoms with Crippen LogP contribution in [0.25, 0.3) is 0 Å². The number of nitro groups is 1. The number of ether oxygens (including phenoxy) is 3. The largest absolute Gasteiger partial charge is 0.454 e. The van der Waals surface area contributed by atoms with E-state index in [-0.39, 0.29) is 43.6 Å². The molecule has 1 aliphatic rings. The van der Waals surface area contributed by atoms with Gasteiger partial charge in [-0.3, -0.25) is 19.7 Å². The fourth-order valence-corrected chi connectivity index (χ4v) is 4.43. The third-order valence-electron chi connectivity index (χ3n) is 5.59. The van der Waals surface area contributed by atoms with Gasteiger partial charge in [-0.2, -0.15) is 0 Å². The highest BCUT2D eigenvalue weighted by Crippen LogP contribution is 2.33. The van der Waals surface area contributed by atoms with E-state index < -0.39 is 10.8 Å². The van der Waals surface area contributed by atoms with Crippen molar-refractivity contribution < 1.29 is 28.7 Å². The zero-order valence-corrected chi connectivity index (χ0v) is 20.4. The molecule has 36 heavy (non-hydrogen) atoms. The topological polar surface area (TPSA) is 111 Å². The van der Waals surface area contributed by atoms with Gasteiger partial charge in [0.25, 0.3) is 11.6 Å². The van der Waals surface area contributed by atoms with Gasteiger partial charge < -0.3 is 24.0 Å².